The average Bonchev–Trinajstić information content (AvgIpc) is 2.77. The van der Waals surface area contributed by atoms with E-state index < -0.39 is 10.0 Å². The van der Waals surface area contributed by atoms with Crippen LogP contribution in [-0.2, 0) is 15.8 Å². The molecule has 0 bridgehead atoms. The Morgan fingerprint density at radius 3 is 2.36 bits per heavy atom. The zero-order chi connectivity index (χ0) is 24.0. The summed E-state index contributed by atoms with van der Waals surface area (Å²) in [5.41, 5.74) is 4.36. The average molecular weight is 503 g/mol. The molecule has 33 heavy (non-hydrogen) atoms. The first-order valence-electron chi connectivity index (χ1n) is 10.5. The van der Waals surface area contributed by atoms with E-state index in [1.807, 2.05) is 50.2 Å². The van der Waals surface area contributed by atoms with E-state index in [2.05, 4.69) is 10.0 Å². The summed E-state index contributed by atoms with van der Waals surface area (Å²) in [6.07, 6.45) is 0. The minimum atomic E-state index is -3.85. The summed E-state index contributed by atoms with van der Waals surface area (Å²) in [6, 6.07) is 18.0. The monoisotopic (exact) mass is 502 g/mol. The molecule has 3 rings (SSSR count). The predicted molar refractivity (Wildman–Crippen MR) is 138 cm³/mol. The van der Waals surface area contributed by atoms with Gasteiger partial charge in [-0.25, -0.2) is 8.42 Å². The maximum atomic E-state index is 13.1. The summed E-state index contributed by atoms with van der Waals surface area (Å²) in [6.45, 7) is 5.95. The van der Waals surface area contributed by atoms with E-state index in [-0.39, 0.29) is 10.8 Å². The van der Waals surface area contributed by atoms with Gasteiger partial charge in [0.05, 0.1) is 10.6 Å². The molecule has 0 spiro atoms. The van der Waals surface area contributed by atoms with Crippen molar-refractivity contribution in [2.45, 2.75) is 31.4 Å². The number of rotatable bonds is 9. The molecule has 3 aromatic rings. The Kier molecular flexibility index (Phi) is 8.46. The maximum absolute atomic E-state index is 13.1. The van der Waals surface area contributed by atoms with E-state index in [0.717, 1.165) is 22.6 Å². The van der Waals surface area contributed by atoms with Crippen LogP contribution in [0.5, 0.6) is 0 Å². The number of amides is 1. The number of hydrogen-bond donors (Lipinski definition) is 2. The van der Waals surface area contributed by atoms with Crippen molar-refractivity contribution in [2.24, 2.45) is 0 Å². The second kappa shape index (κ2) is 11.1. The summed E-state index contributed by atoms with van der Waals surface area (Å²) in [5.74, 6) is 1.26. The number of sulfonamides is 1. The highest BCUT2D eigenvalue weighted by Gasteiger charge is 2.20. The van der Waals surface area contributed by atoms with Gasteiger partial charge in [0, 0.05) is 28.6 Å². The van der Waals surface area contributed by atoms with Crippen molar-refractivity contribution in [3.8, 4) is 0 Å². The van der Waals surface area contributed by atoms with Crippen LogP contribution in [0.15, 0.2) is 65.6 Å². The molecular formula is C25H27ClN2O3S2. The normalized spacial score (nSPS) is 11.3. The summed E-state index contributed by atoms with van der Waals surface area (Å²) in [7, 11) is -3.85. The largest absolute Gasteiger partial charge is 0.351 e. The SMILES string of the molecule is Cc1ccc(C)c(NS(=O)(=O)c2cc(C(=O)NCCSCc3ccc(Cl)cc3)ccc2C)c1. The first-order valence-corrected chi connectivity index (χ1v) is 13.5. The molecule has 0 saturated carbocycles. The topological polar surface area (TPSA) is 75.3 Å². The number of anilines is 1. The number of halogens is 1. The first kappa shape index (κ1) is 25.1. The van der Waals surface area contributed by atoms with Crippen molar-refractivity contribution < 1.29 is 13.2 Å². The summed E-state index contributed by atoms with van der Waals surface area (Å²) in [5, 5.41) is 3.57. The van der Waals surface area contributed by atoms with Crippen LogP contribution in [0.4, 0.5) is 5.69 Å². The van der Waals surface area contributed by atoms with Gasteiger partial charge in [-0.1, -0.05) is 41.9 Å². The highest BCUT2D eigenvalue weighted by atomic mass is 35.5. The fourth-order valence-electron chi connectivity index (χ4n) is 3.19. The van der Waals surface area contributed by atoms with Gasteiger partial charge in [-0.05, 0) is 73.4 Å². The van der Waals surface area contributed by atoms with Crippen LogP contribution in [0.25, 0.3) is 0 Å². The molecule has 0 aliphatic rings. The van der Waals surface area contributed by atoms with Crippen molar-refractivity contribution in [1.29, 1.82) is 0 Å². The van der Waals surface area contributed by atoms with E-state index in [4.69, 9.17) is 11.6 Å². The van der Waals surface area contributed by atoms with Gasteiger partial charge in [-0.15, -0.1) is 0 Å². The van der Waals surface area contributed by atoms with Crippen LogP contribution in [0, 0.1) is 20.8 Å². The lowest BCUT2D eigenvalue weighted by atomic mass is 10.1. The number of benzene rings is 3. The van der Waals surface area contributed by atoms with Crippen molar-refractivity contribution in [1.82, 2.24) is 5.32 Å². The smallest absolute Gasteiger partial charge is 0.262 e. The van der Waals surface area contributed by atoms with Gasteiger partial charge < -0.3 is 5.32 Å². The molecule has 0 radical (unpaired) electrons. The Balaban J connectivity index is 1.61. The van der Waals surface area contributed by atoms with E-state index in [1.165, 1.54) is 11.6 Å². The Morgan fingerprint density at radius 1 is 0.939 bits per heavy atom. The number of carbonyl (C=O) groups excluding carboxylic acids is 1. The Hall–Kier alpha value is -2.48. The fourth-order valence-corrected chi connectivity index (χ4v) is 5.52. The van der Waals surface area contributed by atoms with Crippen LogP contribution in [0.2, 0.25) is 5.02 Å². The van der Waals surface area contributed by atoms with Crippen LogP contribution >= 0.6 is 23.4 Å². The van der Waals surface area contributed by atoms with Gasteiger partial charge in [0.2, 0.25) is 0 Å². The number of thioether (sulfide) groups is 1. The molecule has 0 heterocycles. The zero-order valence-electron chi connectivity index (χ0n) is 18.8. The summed E-state index contributed by atoms with van der Waals surface area (Å²) in [4.78, 5) is 12.7. The molecule has 0 aromatic heterocycles. The lowest BCUT2D eigenvalue weighted by Gasteiger charge is -2.14. The van der Waals surface area contributed by atoms with E-state index in [9.17, 15) is 13.2 Å². The van der Waals surface area contributed by atoms with Gasteiger partial charge in [0.25, 0.3) is 15.9 Å². The first-order chi connectivity index (χ1) is 15.7. The third-order valence-corrected chi connectivity index (χ3v) is 7.88. The van der Waals surface area contributed by atoms with E-state index >= 15 is 0 Å². The van der Waals surface area contributed by atoms with Crippen LogP contribution < -0.4 is 10.0 Å². The van der Waals surface area contributed by atoms with Crippen molar-refractivity contribution in [2.75, 3.05) is 17.0 Å². The van der Waals surface area contributed by atoms with Crippen molar-refractivity contribution in [3.63, 3.8) is 0 Å². The second-order valence-corrected chi connectivity index (χ2v) is 11.0. The van der Waals surface area contributed by atoms with Crippen LogP contribution in [0.3, 0.4) is 0 Å². The van der Waals surface area contributed by atoms with Gasteiger partial charge >= 0.3 is 0 Å². The van der Waals surface area contributed by atoms with Gasteiger partial charge in [0.1, 0.15) is 0 Å². The molecule has 0 unspecified atom stereocenters. The van der Waals surface area contributed by atoms with E-state index in [1.54, 1.807) is 36.9 Å². The molecule has 0 aliphatic heterocycles. The quantitative estimate of drug-likeness (QED) is 0.366. The second-order valence-electron chi connectivity index (χ2n) is 7.84. The highest BCUT2D eigenvalue weighted by Crippen LogP contribution is 2.24. The molecule has 2 N–H and O–H groups in total. The number of carbonyl (C=O) groups is 1. The third-order valence-electron chi connectivity index (χ3n) is 5.09. The molecule has 0 atom stereocenters. The fraction of sp³-hybridized carbons (Fsp3) is 0.240. The molecule has 0 saturated heterocycles. The van der Waals surface area contributed by atoms with Gasteiger partial charge in [0.15, 0.2) is 0 Å². The standard InChI is InChI=1S/C25H27ClN2O3S2/c1-17-4-5-18(2)23(14-17)28-33(30,31)24-15-21(9-6-19(24)3)25(29)27-12-13-32-16-20-7-10-22(26)11-8-20/h4-11,14-15,28H,12-13,16H2,1-3H3,(H,27,29). The van der Waals surface area contributed by atoms with Crippen molar-refractivity contribution >= 4 is 45.0 Å². The predicted octanol–water partition coefficient (Wildman–Crippen LogP) is 5.73. The summed E-state index contributed by atoms with van der Waals surface area (Å²) >= 11 is 7.59. The van der Waals surface area contributed by atoms with E-state index in [0.29, 0.717) is 28.4 Å². The summed E-state index contributed by atoms with van der Waals surface area (Å²) < 4.78 is 28.8. The minimum Gasteiger partial charge on any atom is -0.351 e. The molecule has 3 aromatic carbocycles. The zero-order valence-corrected chi connectivity index (χ0v) is 21.2. The highest BCUT2D eigenvalue weighted by molar-refractivity contribution is 7.98. The maximum Gasteiger partial charge on any atom is 0.262 e. The Labute approximate surface area is 205 Å². The van der Waals surface area contributed by atoms with Crippen LogP contribution in [-0.4, -0.2) is 26.6 Å². The molecule has 0 fully saturated rings. The van der Waals surface area contributed by atoms with Crippen LogP contribution in [0.1, 0.15) is 32.6 Å². The molecular weight excluding hydrogens is 476 g/mol. The molecule has 0 aliphatic carbocycles. The lowest BCUT2D eigenvalue weighted by molar-refractivity contribution is 0.0956. The third kappa shape index (κ3) is 7.00. The molecule has 174 valence electrons. The van der Waals surface area contributed by atoms with Gasteiger partial charge in [-0.2, -0.15) is 11.8 Å². The Morgan fingerprint density at radius 2 is 1.64 bits per heavy atom. The molecule has 5 nitrogen and oxygen atoms in total. The molecule has 8 heteroatoms. The number of aryl methyl sites for hydroxylation is 3. The number of nitrogens with one attached hydrogen (secondary N) is 2. The van der Waals surface area contributed by atoms with Crippen molar-refractivity contribution in [3.05, 3.63) is 93.5 Å². The number of hydrogen-bond acceptors (Lipinski definition) is 4. The molecule has 1 amide bonds. The lowest BCUT2D eigenvalue weighted by Crippen LogP contribution is -2.26. The Bertz CT molecular complexity index is 1240. The van der Waals surface area contributed by atoms with Gasteiger partial charge in [-0.3, -0.25) is 9.52 Å². The minimum absolute atomic E-state index is 0.0909.